The third-order valence-corrected chi connectivity index (χ3v) is 6.61. The molecule has 0 radical (unpaired) electrons. The van der Waals surface area contributed by atoms with Crippen molar-refractivity contribution in [1.29, 1.82) is 0 Å². The Morgan fingerprint density at radius 2 is 2.21 bits per heavy atom. The fraction of sp³-hybridized carbons (Fsp3) is 0.706. The number of urea groups is 1. The Bertz CT molecular complexity index is 685. The number of nitrogens with two attached hydrogens (primary N) is 1. The highest BCUT2D eigenvalue weighted by Crippen LogP contribution is 2.48. The first kappa shape index (κ1) is 20.9. The van der Waals surface area contributed by atoms with Gasteiger partial charge in [0.05, 0.1) is 31.4 Å². The number of amides is 3. The molecule has 0 bridgehead atoms. The molecule has 3 rings (SSSR count). The molecule has 2 fully saturated rings. The van der Waals surface area contributed by atoms with Crippen LogP contribution < -0.4 is 11.1 Å². The predicted octanol–water partition coefficient (Wildman–Crippen LogP) is -0.656. The van der Waals surface area contributed by atoms with Gasteiger partial charge in [-0.15, -0.1) is 11.8 Å². The first-order chi connectivity index (χ1) is 13.3. The lowest BCUT2D eigenvalue weighted by molar-refractivity contribution is -0.161. The quantitative estimate of drug-likeness (QED) is 0.287. The molecule has 0 aromatic carbocycles. The van der Waals surface area contributed by atoms with Gasteiger partial charge in [0.15, 0.2) is 0 Å². The van der Waals surface area contributed by atoms with Gasteiger partial charge in [-0.3, -0.25) is 9.69 Å². The van der Waals surface area contributed by atoms with Crippen molar-refractivity contribution in [3.05, 3.63) is 10.6 Å². The lowest BCUT2D eigenvalue weighted by Gasteiger charge is -2.44. The zero-order valence-corrected chi connectivity index (χ0v) is 16.5. The van der Waals surface area contributed by atoms with Gasteiger partial charge in [-0.1, -0.05) is 0 Å². The Balaban J connectivity index is 1.51. The van der Waals surface area contributed by atoms with Crippen LogP contribution in [0.15, 0.2) is 10.6 Å². The van der Waals surface area contributed by atoms with Crippen LogP contribution in [-0.4, -0.2) is 88.3 Å². The molecule has 28 heavy (non-hydrogen) atoms. The SMILES string of the molecule is C[C@@H](O)[C@H]1C(=O)N2C(C(=O)O)=C(S[C@H]3CCN(COCCNC(N)=O)C3)C[C@H]12. The number of likely N-dealkylation sites (tertiary alicyclic amines) is 1. The first-order valence-electron chi connectivity index (χ1n) is 9.27. The van der Waals surface area contributed by atoms with E-state index in [1.807, 2.05) is 0 Å². The van der Waals surface area contributed by atoms with Gasteiger partial charge < -0.3 is 30.9 Å². The highest BCUT2D eigenvalue weighted by atomic mass is 32.2. The lowest BCUT2D eigenvalue weighted by atomic mass is 9.83. The highest BCUT2D eigenvalue weighted by molar-refractivity contribution is 8.03. The minimum atomic E-state index is -1.09. The molecule has 2 saturated heterocycles. The van der Waals surface area contributed by atoms with Crippen molar-refractivity contribution in [2.75, 3.05) is 33.0 Å². The van der Waals surface area contributed by atoms with Crippen LogP contribution in [0.1, 0.15) is 19.8 Å². The fourth-order valence-electron chi connectivity index (χ4n) is 3.99. The highest BCUT2D eigenvalue weighted by Gasteiger charge is 2.57. The average Bonchev–Trinajstić information content (AvgIpc) is 3.17. The zero-order valence-electron chi connectivity index (χ0n) is 15.7. The van der Waals surface area contributed by atoms with Gasteiger partial charge in [-0.25, -0.2) is 9.59 Å². The number of hydrogen-bond donors (Lipinski definition) is 4. The molecular formula is C17H26N4O6S. The summed E-state index contributed by atoms with van der Waals surface area (Å²) in [4.78, 5) is 38.7. The number of nitrogens with one attached hydrogen (secondary N) is 1. The Morgan fingerprint density at radius 1 is 1.46 bits per heavy atom. The summed E-state index contributed by atoms with van der Waals surface area (Å²) in [7, 11) is 0. The third kappa shape index (κ3) is 4.27. The number of aliphatic hydroxyl groups excluding tert-OH is 1. The van der Waals surface area contributed by atoms with Crippen LogP contribution in [0.5, 0.6) is 0 Å². The molecular weight excluding hydrogens is 388 g/mol. The normalized spacial score (nSPS) is 28.3. The van der Waals surface area contributed by atoms with Gasteiger partial charge >= 0.3 is 12.0 Å². The van der Waals surface area contributed by atoms with Crippen molar-refractivity contribution in [2.45, 2.75) is 37.2 Å². The molecule has 3 aliphatic rings. The Hall–Kier alpha value is -1.82. The van der Waals surface area contributed by atoms with Gasteiger partial charge in [0.25, 0.3) is 0 Å². The minimum absolute atomic E-state index is 0.0733. The van der Waals surface area contributed by atoms with E-state index in [1.165, 1.54) is 16.7 Å². The molecule has 0 aromatic rings. The van der Waals surface area contributed by atoms with E-state index in [9.17, 15) is 24.6 Å². The number of carboxylic acid groups (broad SMARTS) is 1. The van der Waals surface area contributed by atoms with E-state index in [0.29, 0.717) is 31.2 Å². The van der Waals surface area contributed by atoms with Crippen LogP contribution in [0, 0.1) is 5.92 Å². The third-order valence-electron chi connectivity index (χ3n) is 5.25. The molecule has 0 aromatic heterocycles. The smallest absolute Gasteiger partial charge is 0.353 e. The van der Waals surface area contributed by atoms with Crippen LogP contribution in [0.2, 0.25) is 0 Å². The molecule has 0 saturated carbocycles. The van der Waals surface area contributed by atoms with Gasteiger partial charge in [0.1, 0.15) is 5.70 Å². The number of thioether (sulfide) groups is 1. The number of rotatable bonds is 9. The van der Waals surface area contributed by atoms with E-state index in [-0.39, 0.29) is 22.9 Å². The maximum Gasteiger partial charge on any atom is 0.353 e. The van der Waals surface area contributed by atoms with E-state index in [2.05, 4.69) is 10.2 Å². The standard InChI is InChI=1S/C17H26N4O6S/c1-9(22)13-11-6-12(14(16(24)25)21(11)15(13)23)28-10-2-4-20(7-10)8-27-5-3-19-17(18)26/h9-11,13,22H,2-8H2,1H3,(H,24,25)(H3,18,19,26)/t9-,10+,11-,13-/m1/s1. The number of aliphatic hydroxyl groups is 1. The summed E-state index contributed by atoms with van der Waals surface area (Å²) in [6.45, 7) is 4.30. The second kappa shape index (κ2) is 8.68. The fourth-order valence-corrected chi connectivity index (χ4v) is 5.46. The van der Waals surface area contributed by atoms with Crippen LogP contribution in [0.3, 0.4) is 0 Å². The summed E-state index contributed by atoms with van der Waals surface area (Å²) in [5.41, 5.74) is 5.05. The van der Waals surface area contributed by atoms with Crippen LogP contribution in [0.25, 0.3) is 0 Å². The van der Waals surface area contributed by atoms with Crippen molar-refractivity contribution in [1.82, 2.24) is 15.1 Å². The maximum atomic E-state index is 12.2. The van der Waals surface area contributed by atoms with Gasteiger partial charge in [-0.05, 0) is 13.3 Å². The number of fused-ring (bicyclic) bond motifs is 1. The second-order valence-electron chi connectivity index (χ2n) is 7.26. The van der Waals surface area contributed by atoms with Gasteiger partial charge in [0, 0.05) is 36.2 Å². The topological polar surface area (TPSA) is 145 Å². The molecule has 0 aliphatic carbocycles. The molecule has 4 atom stereocenters. The van der Waals surface area contributed by atoms with Crippen molar-refractivity contribution < 1.29 is 29.3 Å². The molecule has 10 nitrogen and oxygen atoms in total. The second-order valence-corrected chi connectivity index (χ2v) is 8.65. The van der Waals surface area contributed by atoms with E-state index in [4.69, 9.17) is 10.5 Å². The summed E-state index contributed by atoms with van der Waals surface area (Å²) in [5, 5.41) is 22.1. The molecule has 0 unspecified atom stereocenters. The van der Waals surface area contributed by atoms with Crippen molar-refractivity contribution in [2.24, 2.45) is 11.7 Å². The summed E-state index contributed by atoms with van der Waals surface area (Å²) in [6.07, 6.45) is 0.596. The molecule has 3 amide bonds. The summed E-state index contributed by atoms with van der Waals surface area (Å²) < 4.78 is 5.50. The number of hydrogen-bond acceptors (Lipinski definition) is 7. The number of carboxylic acids is 1. The summed E-state index contributed by atoms with van der Waals surface area (Å²) >= 11 is 1.52. The predicted molar refractivity (Wildman–Crippen MR) is 101 cm³/mol. The van der Waals surface area contributed by atoms with Crippen molar-refractivity contribution in [3.63, 3.8) is 0 Å². The van der Waals surface area contributed by atoms with Gasteiger partial charge in [-0.2, -0.15) is 0 Å². The van der Waals surface area contributed by atoms with Crippen LogP contribution in [-0.2, 0) is 14.3 Å². The molecule has 3 aliphatic heterocycles. The van der Waals surface area contributed by atoms with Gasteiger partial charge in [0.2, 0.25) is 5.91 Å². The van der Waals surface area contributed by atoms with Crippen LogP contribution >= 0.6 is 11.8 Å². The summed E-state index contributed by atoms with van der Waals surface area (Å²) in [6, 6.07) is -0.832. The number of ether oxygens (including phenoxy) is 1. The average molecular weight is 414 g/mol. The van der Waals surface area contributed by atoms with E-state index in [0.717, 1.165) is 19.5 Å². The van der Waals surface area contributed by atoms with Crippen molar-refractivity contribution in [3.8, 4) is 0 Å². The zero-order chi connectivity index (χ0) is 20.4. The maximum absolute atomic E-state index is 12.2. The number of nitrogens with zero attached hydrogens (tertiary/aromatic N) is 2. The minimum Gasteiger partial charge on any atom is -0.477 e. The number of carbonyl (C=O) groups is 3. The monoisotopic (exact) mass is 414 g/mol. The first-order valence-corrected chi connectivity index (χ1v) is 10.1. The van der Waals surface area contributed by atoms with Crippen molar-refractivity contribution >= 4 is 29.7 Å². The molecule has 3 heterocycles. The van der Waals surface area contributed by atoms with E-state index < -0.39 is 24.0 Å². The lowest BCUT2D eigenvalue weighted by Crippen LogP contribution is -2.61. The number of aliphatic carboxylic acids is 1. The summed E-state index contributed by atoms with van der Waals surface area (Å²) in [5.74, 6) is -1.92. The van der Waals surface area contributed by atoms with E-state index >= 15 is 0 Å². The van der Waals surface area contributed by atoms with Crippen LogP contribution in [0.4, 0.5) is 4.79 Å². The molecule has 0 spiro atoms. The number of carbonyl (C=O) groups excluding carboxylic acids is 2. The molecule has 156 valence electrons. The number of primary amides is 1. The molecule has 5 N–H and O–H groups in total. The Morgan fingerprint density at radius 3 is 2.86 bits per heavy atom. The van der Waals surface area contributed by atoms with E-state index in [1.54, 1.807) is 6.92 Å². The molecule has 11 heteroatoms. The largest absolute Gasteiger partial charge is 0.477 e. The Kier molecular flexibility index (Phi) is 6.48. The Labute approximate surface area is 167 Å². The number of β-lactam (4-membered cyclic amide) rings is 1.